The molecule has 0 radical (unpaired) electrons. The van der Waals surface area contributed by atoms with E-state index in [1.54, 1.807) is 32.9 Å². The molecular weight excluding hydrogens is 436 g/mol. The Kier molecular flexibility index (Phi) is 8.23. The lowest BCUT2D eigenvalue weighted by Gasteiger charge is -2.35. The average Bonchev–Trinajstić information content (AvgIpc) is 2.73. The zero-order valence-electron chi connectivity index (χ0n) is 18.0. The second-order valence-electron chi connectivity index (χ2n) is 6.52. The van der Waals surface area contributed by atoms with E-state index in [1.165, 1.54) is 37.2 Å². The van der Waals surface area contributed by atoms with Crippen molar-refractivity contribution in [2.75, 3.05) is 13.1 Å². The monoisotopic (exact) mass is 462 g/mol. The standard InChI is InChI=1S/C21H26N4O4S2/c1-5-22-16(26)14(17(27)23(6-2)20(22)30)12-10-9-11-13-15-18(28)24(7-3)21(31)25(8-4)19(15)29/h9-13,26H,5-8H2,1-4H3. The molecular formula is C21H26N4O4S2. The Morgan fingerprint density at radius 3 is 1.84 bits per heavy atom. The normalized spacial score (nSPS) is 15.1. The van der Waals surface area contributed by atoms with Crippen LogP contribution in [0.15, 0.2) is 34.7 Å². The lowest BCUT2D eigenvalue weighted by Crippen LogP contribution is -2.55. The largest absolute Gasteiger partial charge is 0.494 e. The first kappa shape index (κ1) is 24.4. The Morgan fingerprint density at radius 1 is 0.806 bits per heavy atom. The molecule has 10 heteroatoms. The second kappa shape index (κ2) is 10.5. The third-order valence-electron chi connectivity index (χ3n) is 4.86. The van der Waals surface area contributed by atoms with E-state index in [4.69, 9.17) is 24.4 Å². The maximum atomic E-state index is 12.6. The molecule has 1 aliphatic rings. The SMILES string of the molecule is CCN1C(=O)C(=CC=CC=Cc2c(O)n(CC)c(=S)n(CC)c2=O)C(=O)N(CC)C1=S. The predicted molar refractivity (Wildman–Crippen MR) is 126 cm³/mol. The molecule has 0 atom stereocenters. The highest BCUT2D eigenvalue weighted by atomic mass is 32.1. The highest BCUT2D eigenvalue weighted by Gasteiger charge is 2.37. The minimum Gasteiger partial charge on any atom is -0.494 e. The molecule has 1 N–H and O–H groups in total. The van der Waals surface area contributed by atoms with Crippen LogP contribution in [0.25, 0.3) is 6.08 Å². The molecule has 0 aliphatic carbocycles. The van der Waals surface area contributed by atoms with Crippen molar-refractivity contribution in [1.29, 1.82) is 0 Å². The van der Waals surface area contributed by atoms with Crippen molar-refractivity contribution in [3.8, 4) is 5.88 Å². The van der Waals surface area contributed by atoms with E-state index >= 15 is 0 Å². The first-order chi connectivity index (χ1) is 14.7. The maximum Gasteiger partial charge on any atom is 0.265 e. The topological polar surface area (TPSA) is 87.8 Å². The number of aromatic nitrogens is 2. The zero-order chi connectivity index (χ0) is 23.3. The number of carbonyl (C=O) groups is 2. The van der Waals surface area contributed by atoms with Gasteiger partial charge in [-0.1, -0.05) is 18.2 Å². The van der Waals surface area contributed by atoms with Gasteiger partial charge in [0.05, 0.1) is 0 Å². The molecule has 0 bridgehead atoms. The van der Waals surface area contributed by atoms with E-state index in [1.807, 2.05) is 6.92 Å². The summed E-state index contributed by atoms with van der Waals surface area (Å²) in [4.78, 5) is 40.5. The highest BCUT2D eigenvalue weighted by Crippen LogP contribution is 2.18. The Balaban J connectivity index is 2.36. The van der Waals surface area contributed by atoms with Crippen LogP contribution in [-0.2, 0) is 22.7 Å². The number of thiocarbonyl (C=S) groups is 1. The predicted octanol–water partition coefficient (Wildman–Crippen LogP) is 2.62. The molecule has 1 fully saturated rings. The Bertz CT molecular complexity index is 1080. The fourth-order valence-electron chi connectivity index (χ4n) is 3.19. The number of carbonyl (C=O) groups excluding carboxylic acids is 2. The van der Waals surface area contributed by atoms with Crippen LogP contribution in [0, 0.1) is 4.77 Å². The summed E-state index contributed by atoms with van der Waals surface area (Å²) in [6.45, 7) is 8.73. The number of likely N-dealkylation sites (N-methyl/N-ethyl adjacent to an activating group) is 2. The number of hydrogen-bond acceptors (Lipinski definition) is 6. The molecule has 0 spiro atoms. The quantitative estimate of drug-likeness (QED) is 0.290. The van der Waals surface area contributed by atoms with Crippen molar-refractivity contribution in [2.45, 2.75) is 40.8 Å². The van der Waals surface area contributed by atoms with Gasteiger partial charge < -0.3 is 5.11 Å². The number of aromatic hydroxyl groups is 1. The molecule has 1 aromatic heterocycles. The van der Waals surface area contributed by atoms with E-state index in [9.17, 15) is 19.5 Å². The fourth-order valence-corrected chi connectivity index (χ4v) is 4.04. The number of hydrogen-bond donors (Lipinski definition) is 1. The van der Waals surface area contributed by atoms with Crippen LogP contribution in [0.5, 0.6) is 5.88 Å². The van der Waals surface area contributed by atoms with Crippen LogP contribution in [0.3, 0.4) is 0 Å². The number of rotatable bonds is 7. The summed E-state index contributed by atoms with van der Waals surface area (Å²) in [5.74, 6) is -1.08. The van der Waals surface area contributed by atoms with E-state index in [-0.39, 0.29) is 32.5 Å². The smallest absolute Gasteiger partial charge is 0.265 e. The number of amides is 2. The molecule has 0 unspecified atom stereocenters. The van der Waals surface area contributed by atoms with Gasteiger partial charge in [0.2, 0.25) is 5.88 Å². The van der Waals surface area contributed by atoms with Crippen LogP contribution in [0.1, 0.15) is 33.3 Å². The molecule has 0 aromatic carbocycles. The summed E-state index contributed by atoms with van der Waals surface area (Å²) >= 11 is 10.5. The minimum absolute atomic E-state index is 0.0115. The molecule has 8 nitrogen and oxygen atoms in total. The summed E-state index contributed by atoms with van der Waals surface area (Å²) in [6, 6.07) is 0. The summed E-state index contributed by atoms with van der Waals surface area (Å²) in [7, 11) is 0. The summed E-state index contributed by atoms with van der Waals surface area (Å²) in [6.07, 6.45) is 7.54. The first-order valence-corrected chi connectivity index (χ1v) is 10.9. The molecule has 2 rings (SSSR count). The number of allylic oxidation sites excluding steroid dienone is 4. The molecule has 166 valence electrons. The molecule has 2 amide bonds. The van der Waals surface area contributed by atoms with Gasteiger partial charge >= 0.3 is 0 Å². The third-order valence-corrected chi connectivity index (χ3v) is 5.74. The molecule has 0 saturated carbocycles. The van der Waals surface area contributed by atoms with Gasteiger partial charge in [0.15, 0.2) is 9.88 Å². The lowest BCUT2D eigenvalue weighted by molar-refractivity contribution is -0.133. The van der Waals surface area contributed by atoms with Gasteiger partial charge in [0, 0.05) is 26.2 Å². The van der Waals surface area contributed by atoms with E-state index in [2.05, 4.69) is 0 Å². The van der Waals surface area contributed by atoms with Crippen molar-refractivity contribution in [2.24, 2.45) is 0 Å². The van der Waals surface area contributed by atoms with Crippen molar-refractivity contribution >= 4 is 47.4 Å². The van der Waals surface area contributed by atoms with Gasteiger partial charge in [-0.2, -0.15) is 0 Å². The van der Waals surface area contributed by atoms with Crippen LogP contribution in [0.4, 0.5) is 0 Å². The van der Waals surface area contributed by atoms with E-state index in [0.717, 1.165) is 0 Å². The van der Waals surface area contributed by atoms with Crippen molar-refractivity contribution < 1.29 is 14.7 Å². The van der Waals surface area contributed by atoms with Gasteiger partial charge in [-0.05, 0) is 64.3 Å². The maximum absolute atomic E-state index is 12.6. The van der Waals surface area contributed by atoms with E-state index < -0.39 is 11.8 Å². The number of nitrogens with zero attached hydrogens (tertiary/aromatic N) is 4. The van der Waals surface area contributed by atoms with Crippen molar-refractivity contribution in [3.05, 3.63) is 50.6 Å². The summed E-state index contributed by atoms with van der Waals surface area (Å²) in [5.41, 5.74) is -0.266. The van der Waals surface area contributed by atoms with Gasteiger partial charge in [-0.25, -0.2) is 0 Å². The lowest BCUT2D eigenvalue weighted by atomic mass is 10.1. The van der Waals surface area contributed by atoms with Crippen LogP contribution in [-0.4, -0.2) is 54.1 Å². The van der Waals surface area contributed by atoms with Crippen LogP contribution in [0.2, 0.25) is 0 Å². The van der Waals surface area contributed by atoms with Crippen molar-refractivity contribution in [1.82, 2.24) is 18.9 Å². The van der Waals surface area contributed by atoms with Gasteiger partial charge in [0.1, 0.15) is 11.1 Å². The van der Waals surface area contributed by atoms with Crippen LogP contribution >= 0.6 is 24.4 Å². The summed E-state index contributed by atoms with van der Waals surface area (Å²) < 4.78 is 3.15. The minimum atomic E-state index is -0.440. The first-order valence-electron chi connectivity index (χ1n) is 10.0. The third kappa shape index (κ3) is 4.59. The average molecular weight is 463 g/mol. The van der Waals surface area contributed by atoms with Crippen molar-refractivity contribution in [3.63, 3.8) is 0 Å². The zero-order valence-corrected chi connectivity index (χ0v) is 19.6. The van der Waals surface area contributed by atoms with Gasteiger partial charge in [-0.15, -0.1) is 0 Å². The fraction of sp³-hybridized carbons (Fsp3) is 0.381. The summed E-state index contributed by atoms with van der Waals surface area (Å²) in [5, 5.41) is 10.6. The van der Waals surface area contributed by atoms with E-state index in [0.29, 0.717) is 26.2 Å². The Morgan fingerprint density at radius 2 is 1.35 bits per heavy atom. The molecule has 2 heterocycles. The molecule has 1 aromatic rings. The highest BCUT2D eigenvalue weighted by molar-refractivity contribution is 7.80. The Labute approximate surface area is 191 Å². The van der Waals surface area contributed by atoms with Gasteiger partial charge in [-0.3, -0.25) is 33.3 Å². The molecule has 31 heavy (non-hydrogen) atoms. The van der Waals surface area contributed by atoms with Crippen LogP contribution < -0.4 is 5.56 Å². The Hall–Kier alpha value is -2.85. The molecule has 1 aliphatic heterocycles. The molecule has 1 saturated heterocycles. The second-order valence-corrected chi connectivity index (χ2v) is 7.25. The van der Waals surface area contributed by atoms with Gasteiger partial charge in [0.25, 0.3) is 17.4 Å².